The molecule has 0 heteroatoms. The van der Waals surface area contributed by atoms with Gasteiger partial charge in [0.05, 0.1) is 0 Å². The molecule has 0 saturated carbocycles. The van der Waals surface area contributed by atoms with Crippen LogP contribution in [0.2, 0.25) is 0 Å². The van der Waals surface area contributed by atoms with Gasteiger partial charge in [-0.15, -0.1) is 12.3 Å². The molecule has 0 aromatic rings. The fourth-order valence-electron chi connectivity index (χ4n) is 0.918. The van der Waals surface area contributed by atoms with E-state index in [0.717, 1.165) is 6.42 Å². The number of rotatable bonds is 4. The Balaban J connectivity index is 3.72. The Hall–Kier alpha value is -0.440. The van der Waals surface area contributed by atoms with Gasteiger partial charge in [-0.25, -0.2) is 0 Å². The van der Waals surface area contributed by atoms with E-state index in [1.807, 2.05) is 0 Å². The second-order valence-electron chi connectivity index (χ2n) is 3.16. The van der Waals surface area contributed by atoms with Crippen molar-refractivity contribution in [3.63, 3.8) is 0 Å². The Labute approximate surface area is 65.0 Å². The molecule has 0 nitrogen and oxygen atoms in total. The molecule has 10 heavy (non-hydrogen) atoms. The Kier molecular flexibility index (Phi) is 4.19. The molecule has 0 heterocycles. The van der Waals surface area contributed by atoms with Gasteiger partial charge >= 0.3 is 0 Å². The third-order valence-corrected chi connectivity index (χ3v) is 2.21. The first-order valence-corrected chi connectivity index (χ1v) is 4.16. The maximum Gasteiger partial charge on any atom is 0.0281 e. The zero-order valence-electron chi connectivity index (χ0n) is 7.41. The third-order valence-electron chi connectivity index (χ3n) is 2.21. The van der Waals surface area contributed by atoms with E-state index in [0.29, 0.717) is 0 Å². The van der Waals surface area contributed by atoms with Crippen LogP contribution in [-0.2, 0) is 0 Å². The van der Waals surface area contributed by atoms with E-state index in [-0.39, 0.29) is 5.41 Å². The van der Waals surface area contributed by atoms with Crippen molar-refractivity contribution in [3.05, 3.63) is 0 Å². The van der Waals surface area contributed by atoms with Crippen molar-refractivity contribution in [1.29, 1.82) is 0 Å². The van der Waals surface area contributed by atoms with Crippen LogP contribution in [0, 0.1) is 17.8 Å². The van der Waals surface area contributed by atoms with Gasteiger partial charge in [-0.2, -0.15) is 0 Å². The van der Waals surface area contributed by atoms with Crippen LogP contribution in [-0.4, -0.2) is 0 Å². The summed E-state index contributed by atoms with van der Waals surface area (Å²) in [7, 11) is 0. The Morgan fingerprint density at radius 2 is 2.00 bits per heavy atom. The van der Waals surface area contributed by atoms with E-state index in [4.69, 9.17) is 6.42 Å². The summed E-state index contributed by atoms with van der Waals surface area (Å²) in [6.45, 7) is 6.53. The molecule has 0 radical (unpaired) electrons. The second kappa shape index (κ2) is 4.39. The summed E-state index contributed by atoms with van der Waals surface area (Å²) in [6.07, 6.45) is 10.2. The van der Waals surface area contributed by atoms with Crippen LogP contribution in [0.25, 0.3) is 0 Å². The van der Waals surface area contributed by atoms with Crippen LogP contribution in [0.5, 0.6) is 0 Å². The highest BCUT2D eigenvalue weighted by Gasteiger charge is 2.16. The molecular weight excluding hydrogens is 120 g/mol. The Morgan fingerprint density at radius 3 is 2.30 bits per heavy atom. The summed E-state index contributed by atoms with van der Waals surface area (Å²) >= 11 is 0. The molecule has 0 aromatic heterocycles. The Bertz CT molecular complexity index is 118. The van der Waals surface area contributed by atoms with Gasteiger partial charge in [0.1, 0.15) is 0 Å². The average molecular weight is 138 g/mol. The summed E-state index contributed by atoms with van der Waals surface area (Å²) < 4.78 is 0. The molecule has 0 rings (SSSR count). The minimum Gasteiger partial charge on any atom is -0.120 e. The summed E-state index contributed by atoms with van der Waals surface area (Å²) in [5.41, 5.74) is 0.163. The van der Waals surface area contributed by atoms with Crippen LogP contribution in [0.4, 0.5) is 0 Å². The lowest BCUT2D eigenvalue weighted by Crippen LogP contribution is -2.11. The monoisotopic (exact) mass is 138 g/mol. The smallest absolute Gasteiger partial charge is 0.0281 e. The van der Waals surface area contributed by atoms with Gasteiger partial charge < -0.3 is 0 Å². The average Bonchev–Trinajstić information content (AvgIpc) is 2.00. The fraction of sp³-hybridized carbons (Fsp3) is 0.800. The fourth-order valence-corrected chi connectivity index (χ4v) is 0.918. The predicted molar refractivity (Wildman–Crippen MR) is 46.8 cm³/mol. The van der Waals surface area contributed by atoms with E-state index in [1.54, 1.807) is 0 Å². The van der Waals surface area contributed by atoms with Gasteiger partial charge in [0.15, 0.2) is 0 Å². The van der Waals surface area contributed by atoms with E-state index in [2.05, 4.69) is 26.7 Å². The van der Waals surface area contributed by atoms with E-state index >= 15 is 0 Å². The molecule has 0 aliphatic heterocycles. The van der Waals surface area contributed by atoms with Crippen molar-refractivity contribution in [2.75, 3.05) is 0 Å². The topological polar surface area (TPSA) is 0 Å². The lowest BCUT2D eigenvalue weighted by Gasteiger charge is -2.20. The molecule has 1 unspecified atom stereocenters. The number of unbranched alkanes of at least 4 members (excludes halogenated alkanes) is 1. The highest BCUT2D eigenvalue weighted by molar-refractivity contribution is 5.01. The summed E-state index contributed by atoms with van der Waals surface area (Å²) in [5, 5.41) is 0. The lowest BCUT2D eigenvalue weighted by molar-refractivity contribution is 0.381. The second-order valence-corrected chi connectivity index (χ2v) is 3.16. The zero-order valence-corrected chi connectivity index (χ0v) is 7.41. The van der Waals surface area contributed by atoms with Crippen molar-refractivity contribution < 1.29 is 0 Å². The maximum absolute atomic E-state index is 5.41. The predicted octanol–water partition coefficient (Wildman–Crippen LogP) is 3.23. The zero-order chi connectivity index (χ0) is 8.04. The molecule has 0 fully saturated rings. The molecule has 58 valence electrons. The van der Waals surface area contributed by atoms with E-state index < -0.39 is 0 Å². The van der Waals surface area contributed by atoms with Gasteiger partial charge in [-0.05, 0) is 19.8 Å². The molecule has 0 spiro atoms. The first-order chi connectivity index (χ1) is 4.68. The normalized spacial score (nSPS) is 15.8. The summed E-state index contributed by atoms with van der Waals surface area (Å²) in [4.78, 5) is 0. The first kappa shape index (κ1) is 9.56. The molecule has 0 aliphatic rings. The van der Waals surface area contributed by atoms with Crippen molar-refractivity contribution in [1.82, 2.24) is 0 Å². The van der Waals surface area contributed by atoms with Gasteiger partial charge in [0.2, 0.25) is 0 Å². The van der Waals surface area contributed by atoms with Crippen molar-refractivity contribution in [3.8, 4) is 12.3 Å². The maximum atomic E-state index is 5.41. The van der Waals surface area contributed by atoms with Crippen LogP contribution in [0.3, 0.4) is 0 Å². The minimum absolute atomic E-state index is 0.163. The number of terminal acetylenes is 1. The summed E-state index contributed by atoms with van der Waals surface area (Å²) in [5.74, 6) is 2.86. The molecule has 0 N–H and O–H groups in total. The van der Waals surface area contributed by atoms with Crippen molar-refractivity contribution in [2.24, 2.45) is 5.41 Å². The van der Waals surface area contributed by atoms with Gasteiger partial charge in [-0.1, -0.05) is 26.7 Å². The van der Waals surface area contributed by atoms with Gasteiger partial charge in [-0.3, -0.25) is 0 Å². The molecule has 0 saturated heterocycles. The molecule has 0 aliphatic carbocycles. The number of hydrogen-bond acceptors (Lipinski definition) is 0. The Morgan fingerprint density at radius 1 is 1.40 bits per heavy atom. The van der Waals surface area contributed by atoms with Crippen molar-refractivity contribution in [2.45, 2.75) is 46.5 Å². The first-order valence-electron chi connectivity index (χ1n) is 4.16. The third kappa shape index (κ3) is 2.92. The molecule has 0 aromatic carbocycles. The van der Waals surface area contributed by atoms with E-state index in [1.165, 1.54) is 19.3 Å². The SMILES string of the molecule is C#CC(C)(CC)CCCC. The minimum atomic E-state index is 0.163. The molecule has 0 bridgehead atoms. The van der Waals surface area contributed by atoms with Gasteiger partial charge in [0, 0.05) is 5.41 Å². The quantitative estimate of drug-likeness (QED) is 0.523. The lowest BCUT2D eigenvalue weighted by atomic mass is 9.83. The van der Waals surface area contributed by atoms with Crippen LogP contribution < -0.4 is 0 Å². The number of hydrogen-bond donors (Lipinski definition) is 0. The highest BCUT2D eigenvalue weighted by atomic mass is 14.2. The van der Waals surface area contributed by atoms with Gasteiger partial charge in [0.25, 0.3) is 0 Å². The summed E-state index contributed by atoms with van der Waals surface area (Å²) in [6, 6.07) is 0. The largest absolute Gasteiger partial charge is 0.120 e. The van der Waals surface area contributed by atoms with Crippen molar-refractivity contribution >= 4 is 0 Å². The van der Waals surface area contributed by atoms with Crippen LogP contribution in [0.1, 0.15) is 46.5 Å². The van der Waals surface area contributed by atoms with Crippen LogP contribution in [0.15, 0.2) is 0 Å². The van der Waals surface area contributed by atoms with E-state index in [9.17, 15) is 0 Å². The molecule has 1 atom stereocenters. The standard InChI is InChI=1S/C10H18/c1-5-8-9-10(4,6-2)7-3/h2H,5,7-9H2,1,3-4H3. The highest BCUT2D eigenvalue weighted by Crippen LogP contribution is 2.26. The molecule has 0 amide bonds. The van der Waals surface area contributed by atoms with Crippen LogP contribution >= 0.6 is 0 Å². The molecular formula is C10H18.